The number of nitrogens with zero attached hydrogens (tertiary/aromatic N) is 2. The van der Waals surface area contributed by atoms with E-state index in [1.54, 1.807) is 36.1 Å². The number of carbonyl (C=O) groups is 1. The molecule has 0 atom stereocenters. The van der Waals surface area contributed by atoms with Crippen molar-refractivity contribution in [3.63, 3.8) is 0 Å². The number of para-hydroxylation sites is 2. The molecule has 2 aromatic rings. The number of aromatic nitrogens is 2. The molecule has 0 aliphatic carbocycles. The fourth-order valence-corrected chi connectivity index (χ4v) is 1.31. The summed E-state index contributed by atoms with van der Waals surface area (Å²) in [4.78, 5) is 11.7. The molecule has 0 saturated heterocycles. The number of amides is 1. The second-order valence-corrected chi connectivity index (χ2v) is 3.37. The first-order chi connectivity index (χ1) is 7.66. The van der Waals surface area contributed by atoms with Crippen LogP contribution in [-0.2, 0) is 7.05 Å². The van der Waals surface area contributed by atoms with Crippen molar-refractivity contribution < 1.29 is 9.90 Å². The lowest BCUT2D eigenvalue weighted by Gasteiger charge is -2.04. The summed E-state index contributed by atoms with van der Waals surface area (Å²) in [5.41, 5.74) is 0.835. The number of hydrogen-bond acceptors (Lipinski definition) is 3. The highest BCUT2D eigenvalue weighted by Gasteiger charge is 2.09. The highest BCUT2D eigenvalue weighted by Crippen LogP contribution is 2.21. The average molecular weight is 217 g/mol. The lowest BCUT2D eigenvalue weighted by Crippen LogP contribution is -2.11. The molecule has 1 heterocycles. The smallest absolute Gasteiger partial charge is 0.258 e. The number of benzene rings is 1. The fraction of sp³-hybridized carbons (Fsp3) is 0.0909. The van der Waals surface area contributed by atoms with Gasteiger partial charge in [0.15, 0.2) is 0 Å². The Morgan fingerprint density at radius 3 is 2.81 bits per heavy atom. The molecule has 1 amide bonds. The molecule has 1 aromatic carbocycles. The zero-order valence-corrected chi connectivity index (χ0v) is 8.71. The third-order valence-electron chi connectivity index (χ3n) is 2.12. The van der Waals surface area contributed by atoms with Gasteiger partial charge in [0, 0.05) is 13.2 Å². The molecule has 0 fully saturated rings. The topological polar surface area (TPSA) is 67.2 Å². The molecule has 0 aliphatic heterocycles. The van der Waals surface area contributed by atoms with Crippen LogP contribution in [0.1, 0.15) is 10.4 Å². The van der Waals surface area contributed by atoms with Crippen LogP contribution in [-0.4, -0.2) is 20.8 Å². The number of aromatic hydroxyl groups is 1. The van der Waals surface area contributed by atoms with Gasteiger partial charge < -0.3 is 10.4 Å². The molecular formula is C11H11N3O2. The van der Waals surface area contributed by atoms with E-state index < -0.39 is 0 Å². The molecule has 82 valence electrons. The SMILES string of the molecule is Cn1cc(C(=O)Nc2ccccc2O)cn1. The number of rotatable bonds is 2. The molecule has 0 saturated carbocycles. The molecule has 5 heteroatoms. The standard InChI is InChI=1S/C11H11N3O2/c1-14-7-8(6-12-14)11(16)13-9-4-2-3-5-10(9)15/h2-7,15H,1H3,(H,13,16). The molecule has 0 spiro atoms. The van der Waals surface area contributed by atoms with Crippen LogP contribution in [0.4, 0.5) is 5.69 Å². The Balaban J connectivity index is 2.17. The van der Waals surface area contributed by atoms with Crippen molar-refractivity contribution in [1.82, 2.24) is 9.78 Å². The highest BCUT2D eigenvalue weighted by atomic mass is 16.3. The number of carbonyl (C=O) groups excluding carboxylic acids is 1. The van der Waals surface area contributed by atoms with Crippen LogP contribution in [0.3, 0.4) is 0 Å². The zero-order chi connectivity index (χ0) is 11.5. The van der Waals surface area contributed by atoms with Gasteiger partial charge in [0.25, 0.3) is 5.91 Å². The summed E-state index contributed by atoms with van der Waals surface area (Å²) >= 11 is 0. The highest BCUT2D eigenvalue weighted by molar-refractivity contribution is 6.04. The van der Waals surface area contributed by atoms with Crippen LogP contribution in [0.25, 0.3) is 0 Å². The Bertz CT molecular complexity index is 519. The normalized spacial score (nSPS) is 10.1. The first-order valence-corrected chi connectivity index (χ1v) is 4.75. The molecule has 2 N–H and O–H groups in total. The third kappa shape index (κ3) is 2.03. The lowest BCUT2D eigenvalue weighted by atomic mass is 10.2. The van der Waals surface area contributed by atoms with Crippen molar-refractivity contribution in [2.24, 2.45) is 7.05 Å². The molecule has 2 rings (SSSR count). The maximum atomic E-state index is 11.7. The first kappa shape index (κ1) is 10.2. The van der Waals surface area contributed by atoms with Gasteiger partial charge >= 0.3 is 0 Å². The van der Waals surface area contributed by atoms with E-state index in [0.717, 1.165) is 0 Å². The third-order valence-corrected chi connectivity index (χ3v) is 2.12. The predicted molar refractivity (Wildman–Crippen MR) is 59.3 cm³/mol. The van der Waals surface area contributed by atoms with Gasteiger partial charge in [-0.05, 0) is 12.1 Å². The fourth-order valence-electron chi connectivity index (χ4n) is 1.31. The van der Waals surface area contributed by atoms with E-state index >= 15 is 0 Å². The van der Waals surface area contributed by atoms with Crippen molar-refractivity contribution in [1.29, 1.82) is 0 Å². The quantitative estimate of drug-likeness (QED) is 0.747. The van der Waals surface area contributed by atoms with Gasteiger partial charge in [0.05, 0.1) is 17.4 Å². The number of phenols is 1. The number of phenolic OH excluding ortho intramolecular Hbond substituents is 1. The minimum Gasteiger partial charge on any atom is -0.506 e. The average Bonchev–Trinajstić information content (AvgIpc) is 2.68. The van der Waals surface area contributed by atoms with E-state index in [2.05, 4.69) is 10.4 Å². The molecule has 0 unspecified atom stereocenters. The number of hydrogen-bond donors (Lipinski definition) is 2. The van der Waals surface area contributed by atoms with Crippen LogP contribution in [0.5, 0.6) is 5.75 Å². The number of aryl methyl sites for hydroxylation is 1. The second-order valence-electron chi connectivity index (χ2n) is 3.37. The lowest BCUT2D eigenvalue weighted by molar-refractivity contribution is 0.102. The molecule has 0 aliphatic rings. The van der Waals surface area contributed by atoms with Gasteiger partial charge in [0.2, 0.25) is 0 Å². The van der Waals surface area contributed by atoms with Crippen LogP contribution < -0.4 is 5.32 Å². The molecular weight excluding hydrogens is 206 g/mol. The van der Waals surface area contributed by atoms with Crippen LogP contribution in [0, 0.1) is 0 Å². The summed E-state index contributed by atoms with van der Waals surface area (Å²) in [6, 6.07) is 6.57. The molecule has 0 bridgehead atoms. The monoisotopic (exact) mass is 217 g/mol. The van der Waals surface area contributed by atoms with Crippen LogP contribution in [0.15, 0.2) is 36.7 Å². The van der Waals surface area contributed by atoms with Crippen molar-refractivity contribution in [3.8, 4) is 5.75 Å². The van der Waals surface area contributed by atoms with Gasteiger partial charge in [0.1, 0.15) is 5.75 Å². The Morgan fingerprint density at radius 2 is 2.19 bits per heavy atom. The van der Waals surface area contributed by atoms with Crippen molar-refractivity contribution >= 4 is 11.6 Å². The van der Waals surface area contributed by atoms with Gasteiger partial charge in [-0.25, -0.2) is 0 Å². The summed E-state index contributed by atoms with van der Waals surface area (Å²) < 4.78 is 1.54. The van der Waals surface area contributed by atoms with E-state index in [0.29, 0.717) is 11.3 Å². The number of anilines is 1. The largest absolute Gasteiger partial charge is 0.506 e. The minimum absolute atomic E-state index is 0.0414. The summed E-state index contributed by atoms with van der Waals surface area (Å²) in [6.07, 6.45) is 3.07. The molecule has 5 nitrogen and oxygen atoms in total. The molecule has 16 heavy (non-hydrogen) atoms. The van der Waals surface area contributed by atoms with Gasteiger partial charge in [-0.3, -0.25) is 9.48 Å². The van der Waals surface area contributed by atoms with Crippen molar-refractivity contribution in [2.45, 2.75) is 0 Å². The van der Waals surface area contributed by atoms with Gasteiger partial charge in [-0.15, -0.1) is 0 Å². The molecule has 0 radical (unpaired) electrons. The first-order valence-electron chi connectivity index (χ1n) is 4.75. The summed E-state index contributed by atoms with van der Waals surface area (Å²) in [5.74, 6) is -0.255. The van der Waals surface area contributed by atoms with E-state index in [9.17, 15) is 9.90 Å². The molecule has 1 aromatic heterocycles. The summed E-state index contributed by atoms with van der Waals surface area (Å²) in [5, 5.41) is 16.0. The van der Waals surface area contributed by atoms with Crippen molar-refractivity contribution in [3.05, 3.63) is 42.2 Å². The zero-order valence-electron chi connectivity index (χ0n) is 8.71. The van der Waals surface area contributed by atoms with Crippen LogP contribution in [0.2, 0.25) is 0 Å². The predicted octanol–water partition coefficient (Wildman–Crippen LogP) is 1.38. The summed E-state index contributed by atoms with van der Waals surface area (Å²) in [7, 11) is 1.73. The van der Waals surface area contributed by atoms with Crippen molar-refractivity contribution in [2.75, 3.05) is 5.32 Å². The minimum atomic E-state index is -0.297. The van der Waals surface area contributed by atoms with E-state index in [1.807, 2.05) is 0 Å². The van der Waals surface area contributed by atoms with Gasteiger partial charge in [-0.2, -0.15) is 5.10 Å². The van der Waals surface area contributed by atoms with E-state index in [4.69, 9.17) is 0 Å². The van der Waals surface area contributed by atoms with Crippen LogP contribution >= 0.6 is 0 Å². The van der Waals surface area contributed by atoms with E-state index in [-0.39, 0.29) is 11.7 Å². The summed E-state index contributed by atoms with van der Waals surface area (Å²) in [6.45, 7) is 0. The Labute approximate surface area is 92.3 Å². The Morgan fingerprint density at radius 1 is 1.44 bits per heavy atom. The Hall–Kier alpha value is -2.30. The number of nitrogens with one attached hydrogen (secondary N) is 1. The van der Waals surface area contributed by atoms with E-state index in [1.165, 1.54) is 12.3 Å². The van der Waals surface area contributed by atoms with Gasteiger partial charge in [-0.1, -0.05) is 12.1 Å². The second kappa shape index (κ2) is 4.06. The Kier molecular flexibility index (Phi) is 2.59. The maximum Gasteiger partial charge on any atom is 0.258 e. The maximum absolute atomic E-state index is 11.7.